The first-order valence-corrected chi connectivity index (χ1v) is 9.59. The van der Waals surface area contributed by atoms with Crippen LogP contribution in [0.4, 0.5) is 15.8 Å². The minimum atomic E-state index is -0.372. The Morgan fingerprint density at radius 3 is 2.79 bits per heavy atom. The van der Waals surface area contributed by atoms with E-state index >= 15 is 0 Å². The summed E-state index contributed by atoms with van der Waals surface area (Å²) in [5.41, 5.74) is 1.32. The Hall–Kier alpha value is -2.81. The van der Waals surface area contributed by atoms with E-state index in [4.69, 9.17) is 4.52 Å². The fourth-order valence-electron chi connectivity index (χ4n) is 3.42. The topological polar surface area (TPSA) is 85.3 Å². The van der Waals surface area contributed by atoms with Gasteiger partial charge in [0.05, 0.1) is 10.8 Å². The Bertz CT molecular complexity index is 1010. The van der Waals surface area contributed by atoms with Gasteiger partial charge in [0, 0.05) is 29.2 Å². The molecule has 1 fully saturated rings. The first-order valence-electron chi connectivity index (χ1n) is 8.79. The molecule has 0 radical (unpaired) electrons. The molecule has 4 rings (SSSR count). The number of nitrogens with zero attached hydrogens (tertiary/aromatic N) is 4. The lowest BCUT2D eigenvalue weighted by atomic mass is 9.97. The van der Waals surface area contributed by atoms with Crippen LogP contribution in [0.2, 0.25) is 0 Å². The first kappa shape index (κ1) is 18.5. The summed E-state index contributed by atoms with van der Waals surface area (Å²) in [6, 6.07) is 11.0. The highest BCUT2D eigenvalue weighted by Gasteiger charge is 2.29. The molecular formula is C19H16BrFN4O3. The molecule has 1 unspecified atom stereocenters. The molecule has 7 nitrogen and oxygen atoms in total. The lowest BCUT2D eigenvalue weighted by molar-refractivity contribution is -0.384. The number of nitro groups is 1. The molecule has 1 saturated heterocycles. The van der Waals surface area contributed by atoms with Crippen molar-refractivity contribution >= 4 is 27.3 Å². The van der Waals surface area contributed by atoms with Crippen molar-refractivity contribution in [2.45, 2.75) is 18.8 Å². The molecule has 3 aromatic rings. The summed E-state index contributed by atoms with van der Waals surface area (Å²) in [6.07, 6.45) is 1.71. The number of benzene rings is 2. The van der Waals surface area contributed by atoms with Gasteiger partial charge in [0.1, 0.15) is 11.5 Å². The molecule has 0 saturated carbocycles. The Balaban J connectivity index is 1.57. The van der Waals surface area contributed by atoms with Crippen LogP contribution in [-0.4, -0.2) is 28.2 Å². The number of halogens is 2. The number of hydrogen-bond acceptors (Lipinski definition) is 6. The second-order valence-electron chi connectivity index (χ2n) is 6.64. The third kappa shape index (κ3) is 3.75. The lowest BCUT2D eigenvalue weighted by Crippen LogP contribution is -2.34. The zero-order valence-electron chi connectivity index (χ0n) is 14.7. The molecule has 28 heavy (non-hydrogen) atoms. The monoisotopic (exact) mass is 446 g/mol. The van der Waals surface area contributed by atoms with Gasteiger partial charge < -0.3 is 9.42 Å². The summed E-state index contributed by atoms with van der Waals surface area (Å²) in [7, 11) is 0. The van der Waals surface area contributed by atoms with Crippen molar-refractivity contribution < 1.29 is 13.8 Å². The molecule has 0 aliphatic carbocycles. The van der Waals surface area contributed by atoms with Gasteiger partial charge in [0.15, 0.2) is 0 Å². The van der Waals surface area contributed by atoms with E-state index in [1.807, 2.05) is 4.90 Å². The maximum absolute atomic E-state index is 13.1. The van der Waals surface area contributed by atoms with Crippen LogP contribution in [0.15, 0.2) is 51.5 Å². The van der Waals surface area contributed by atoms with Gasteiger partial charge in [-0.3, -0.25) is 10.1 Å². The van der Waals surface area contributed by atoms with Crippen molar-refractivity contribution in [2.24, 2.45) is 0 Å². The molecule has 1 aliphatic rings. The molecule has 0 amide bonds. The van der Waals surface area contributed by atoms with Crippen LogP contribution in [0.3, 0.4) is 0 Å². The van der Waals surface area contributed by atoms with Crippen molar-refractivity contribution in [1.82, 2.24) is 10.1 Å². The number of piperidine rings is 1. The predicted octanol–water partition coefficient (Wildman–Crippen LogP) is 4.93. The van der Waals surface area contributed by atoms with Gasteiger partial charge in [-0.15, -0.1) is 0 Å². The molecule has 144 valence electrons. The summed E-state index contributed by atoms with van der Waals surface area (Å²) in [5.74, 6) is 0.538. The largest absolute Gasteiger partial charge is 0.365 e. The number of hydrogen-bond donors (Lipinski definition) is 0. The quantitative estimate of drug-likeness (QED) is 0.417. The van der Waals surface area contributed by atoms with E-state index < -0.39 is 0 Å². The van der Waals surface area contributed by atoms with Crippen molar-refractivity contribution in [1.29, 1.82) is 0 Å². The van der Waals surface area contributed by atoms with Gasteiger partial charge >= 0.3 is 0 Å². The van der Waals surface area contributed by atoms with Crippen LogP contribution in [0, 0.1) is 15.9 Å². The number of rotatable bonds is 4. The van der Waals surface area contributed by atoms with E-state index in [2.05, 4.69) is 26.1 Å². The molecule has 0 N–H and O–H groups in total. The van der Waals surface area contributed by atoms with E-state index in [9.17, 15) is 14.5 Å². The van der Waals surface area contributed by atoms with Crippen molar-refractivity contribution in [3.05, 3.63) is 68.8 Å². The molecule has 1 aliphatic heterocycles. The minimum Gasteiger partial charge on any atom is -0.365 e. The van der Waals surface area contributed by atoms with Crippen LogP contribution in [-0.2, 0) is 0 Å². The first-order chi connectivity index (χ1) is 13.5. The molecule has 2 aromatic carbocycles. The van der Waals surface area contributed by atoms with E-state index in [0.29, 0.717) is 34.0 Å². The van der Waals surface area contributed by atoms with Gasteiger partial charge in [0.25, 0.3) is 5.69 Å². The van der Waals surface area contributed by atoms with E-state index in [-0.39, 0.29) is 22.3 Å². The Labute approximate surface area is 168 Å². The maximum Gasteiger partial charge on any atom is 0.293 e. The molecule has 1 aromatic heterocycles. The smallest absolute Gasteiger partial charge is 0.293 e. The lowest BCUT2D eigenvalue weighted by Gasteiger charge is -2.32. The predicted molar refractivity (Wildman–Crippen MR) is 105 cm³/mol. The molecule has 0 bridgehead atoms. The Morgan fingerprint density at radius 1 is 1.25 bits per heavy atom. The van der Waals surface area contributed by atoms with Gasteiger partial charge in [-0.1, -0.05) is 21.1 Å². The third-order valence-corrected chi connectivity index (χ3v) is 5.28. The van der Waals surface area contributed by atoms with Crippen LogP contribution in [0.5, 0.6) is 0 Å². The average Bonchev–Trinajstić information content (AvgIpc) is 3.19. The summed E-state index contributed by atoms with van der Waals surface area (Å²) in [6.45, 7) is 1.27. The van der Waals surface area contributed by atoms with Gasteiger partial charge in [0.2, 0.25) is 11.7 Å². The standard InChI is InChI=1S/C19H16BrFN4O3/c20-14-5-8-16(17(10-14)25(26)27)24-9-1-2-13(11-24)19-22-18(23-28-19)12-3-6-15(21)7-4-12/h3-8,10,13H,1-2,9,11H2. The molecular weight excluding hydrogens is 431 g/mol. The van der Waals surface area contributed by atoms with Gasteiger partial charge in [-0.25, -0.2) is 4.39 Å². The fraction of sp³-hybridized carbons (Fsp3) is 0.263. The molecule has 9 heteroatoms. The summed E-state index contributed by atoms with van der Waals surface area (Å²) >= 11 is 3.29. The minimum absolute atomic E-state index is 0.0290. The van der Waals surface area contributed by atoms with Crippen LogP contribution >= 0.6 is 15.9 Å². The second-order valence-corrected chi connectivity index (χ2v) is 7.55. The Morgan fingerprint density at radius 2 is 2.04 bits per heavy atom. The third-order valence-electron chi connectivity index (χ3n) is 4.79. The highest BCUT2D eigenvalue weighted by molar-refractivity contribution is 9.10. The molecule has 0 spiro atoms. The normalized spacial score (nSPS) is 16.9. The highest BCUT2D eigenvalue weighted by atomic mass is 79.9. The van der Waals surface area contributed by atoms with Crippen molar-refractivity contribution in [3.8, 4) is 11.4 Å². The summed E-state index contributed by atoms with van der Waals surface area (Å²) in [4.78, 5) is 17.5. The SMILES string of the molecule is O=[N+]([O-])c1cc(Br)ccc1N1CCCC(c2nc(-c3ccc(F)cc3)no2)C1. The molecule has 1 atom stereocenters. The average molecular weight is 447 g/mol. The zero-order valence-corrected chi connectivity index (χ0v) is 16.3. The summed E-state index contributed by atoms with van der Waals surface area (Å²) in [5, 5.41) is 15.4. The number of nitro benzene ring substituents is 1. The van der Waals surface area contributed by atoms with Crippen LogP contribution in [0.1, 0.15) is 24.7 Å². The fourth-order valence-corrected chi connectivity index (χ4v) is 3.77. The maximum atomic E-state index is 13.1. The summed E-state index contributed by atoms with van der Waals surface area (Å²) < 4.78 is 19.2. The number of aromatic nitrogens is 2. The van der Waals surface area contributed by atoms with E-state index in [1.165, 1.54) is 18.2 Å². The molecule has 2 heterocycles. The Kier molecular flexibility index (Phi) is 5.08. The van der Waals surface area contributed by atoms with E-state index in [1.54, 1.807) is 24.3 Å². The van der Waals surface area contributed by atoms with Crippen molar-refractivity contribution in [3.63, 3.8) is 0 Å². The highest BCUT2D eigenvalue weighted by Crippen LogP contribution is 2.36. The van der Waals surface area contributed by atoms with Gasteiger partial charge in [-0.2, -0.15) is 4.98 Å². The van der Waals surface area contributed by atoms with Crippen LogP contribution < -0.4 is 4.90 Å². The zero-order chi connectivity index (χ0) is 19.7. The van der Waals surface area contributed by atoms with E-state index in [0.717, 1.165) is 19.4 Å². The van der Waals surface area contributed by atoms with Crippen molar-refractivity contribution in [2.75, 3.05) is 18.0 Å². The van der Waals surface area contributed by atoms with Crippen LogP contribution in [0.25, 0.3) is 11.4 Å². The second kappa shape index (κ2) is 7.67. The van der Waals surface area contributed by atoms with Gasteiger partial charge in [-0.05, 0) is 49.2 Å². The number of anilines is 1.